The lowest BCUT2D eigenvalue weighted by molar-refractivity contribution is -0.915. The maximum absolute atomic E-state index is 13.8. The van der Waals surface area contributed by atoms with Gasteiger partial charge in [-0.3, -0.25) is 14.5 Å². The molecule has 6 nitrogen and oxygen atoms in total. The van der Waals surface area contributed by atoms with E-state index in [-0.39, 0.29) is 11.0 Å². The van der Waals surface area contributed by atoms with Crippen LogP contribution in [0.1, 0.15) is 31.9 Å². The van der Waals surface area contributed by atoms with Crippen molar-refractivity contribution >= 4 is 40.6 Å². The molecule has 1 aliphatic rings. The Morgan fingerprint density at radius 2 is 1.38 bits per heavy atom. The number of likely N-dealkylation sites (N-methyl/N-ethyl adjacent to an activating group) is 1. The predicted molar refractivity (Wildman–Crippen MR) is 128 cm³/mol. The Hall–Kier alpha value is -2.35. The summed E-state index contributed by atoms with van der Waals surface area (Å²) < 4.78 is 1.64. The molecule has 1 fully saturated rings. The number of benzene rings is 2. The monoisotopic (exact) mass is 474 g/mol. The highest BCUT2D eigenvalue weighted by Crippen LogP contribution is 2.44. The molecule has 0 unspecified atom stereocenters. The highest BCUT2D eigenvalue weighted by atomic mass is 35.5. The molecular formula is C24H29ClN3O3S+. The van der Waals surface area contributed by atoms with Crippen molar-refractivity contribution < 1.29 is 18.9 Å². The smallest absolute Gasteiger partial charge is 0.317 e. The number of urea groups is 1. The second kappa shape index (κ2) is 10.1. The van der Waals surface area contributed by atoms with Gasteiger partial charge in [0.2, 0.25) is 5.12 Å². The normalized spacial score (nSPS) is 16.0. The van der Waals surface area contributed by atoms with Crippen molar-refractivity contribution in [2.45, 2.75) is 26.3 Å². The number of imide groups is 1. The number of thioether (sulfide) groups is 1. The van der Waals surface area contributed by atoms with E-state index in [1.165, 1.54) is 0 Å². The average Bonchev–Trinajstić information content (AvgIpc) is 3.03. The van der Waals surface area contributed by atoms with E-state index in [1.807, 2.05) is 12.1 Å². The first-order chi connectivity index (χ1) is 15.4. The molecule has 170 valence electrons. The molecule has 0 aromatic heterocycles. The van der Waals surface area contributed by atoms with E-state index in [0.29, 0.717) is 22.2 Å². The number of rotatable bonds is 9. The first-order valence-corrected chi connectivity index (χ1v) is 12.1. The summed E-state index contributed by atoms with van der Waals surface area (Å²) in [7, 11) is 0. The zero-order valence-electron chi connectivity index (χ0n) is 18.7. The first-order valence-electron chi connectivity index (χ1n) is 10.8. The van der Waals surface area contributed by atoms with Gasteiger partial charge < -0.3 is 4.48 Å². The lowest BCUT2D eigenvalue weighted by atomic mass is 9.82. The second-order valence-electron chi connectivity index (χ2n) is 7.83. The van der Waals surface area contributed by atoms with Crippen LogP contribution in [-0.2, 0) is 15.1 Å². The maximum atomic E-state index is 13.8. The van der Waals surface area contributed by atoms with Crippen molar-refractivity contribution in [2.24, 2.45) is 0 Å². The Morgan fingerprint density at radius 3 is 1.81 bits per heavy atom. The van der Waals surface area contributed by atoms with Crippen molar-refractivity contribution in [3.63, 3.8) is 0 Å². The molecule has 0 spiro atoms. The highest BCUT2D eigenvalue weighted by molar-refractivity contribution is 8.13. The molecule has 0 atom stereocenters. The van der Waals surface area contributed by atoms with Crippen molar-refractivity contribution in [1.82, 2.24) is 9.32 Å². The van der Waals surface area contributed by atoms with Crippen LogP contribution in [0.4, 0.5) is 4.79 Å². The molecule has 1 heterocycles. The Labute approximate surface area is 198 Å². The Balaban J connectivity index is 1.90. The fourth-order valence-corrected chi connectivity index (χ4v) is 5.42. The van der Waals surface area contributed by atoms with E-state index in [9.17, 15) is 14.4 Å². The van der Waals surface area contributed by atoms with Crippen LogP contribution in [0.25, 0.3) is 0 Å². The summed E-state index contributed by atoms with van der Waals surface area (Å²) in [6, 6.07) is 17.4. The van der Waals surface area contributed by atoms with Gasteiger partial charge in [0.1, 0.15) is 6.54 Å². The molecule has 1 aliphatic heterocycles. The number of amides is 3. The van der Waals surface area contributed by atoms with Crippen molar-refractivity contribution in [3.05, 3.63) is 71.8 Å². The summed E-state index contributed by atoms with van der Waals surface area (Å²) in [4.78, 5) is 40.7. The maximum Gasteiger partial charge on any atom is 0.343 e. The molecule has 3 rings (SSSR count). The number of hydrogen-bond donors (Lipinski definition) is 0. The SMILES string of the molecule is CC[N+](CC)(CC)CC(=O)SCN1C(=O)N(Cl)C(c2ccccc2)(c2ccccc2)C1=O. The zero-order valence-corrected chi connectivity index (χ0v) is 20.2. The van der Waals surface area contributed by atoms with Crippen LogP contribution >= 0.6 is 23.5 Å². The van der Waals surface area contributed by atoms with Crippen LogP contribution in [0.15, 0.2) is 60.7 Å². The lowest BCUT2D eigenvalue weighted by Gasteiger charge is -2.34. The number of carbonyl (C=O) groups excluding carboxylic acids is 3. The highest BCUT2D eigenvalue weighted by Gasteiger charge is 2.59. The minimum atomic E-state index is -1.49. The third kappa shape index (κ3) is 4.17. The second-order valence-corrected chi connectivity index (χ2v) is 9.17. The van der Waals surface area contributed by atoms with Crippen LogP contribution < -0.4 is 0 Å². The van der Waals surface area contributed by atoms with E-state index >= 15 is 0 Å². The summed E-state index contributed by atoms with van der Waals surface area (Å²) >= 11 is 7.55. The van der Waals surface area contributed by atoms with E-state index in [1.54, 1.807) is 48.5 Å². The zero-order chi connectivity index (χ0) is 23.4. The van der Waals surface area contributed by atoms with E-state index in [2.05, 4.69) is 20.8 Å². The minimum Gasteiger partial charge on any atom is -0.317 e. The summed E-state index contributed by atoms with van der Waals surface area (Å²) in [5.41, 5.74) is -0.296. The largest absolute Gasteiger partial charge is 0.343 e. The van der Waals surface area contributed by atoms with Gasteiger partial charge in [-0.2, -0.15) is 0 Å². The van der Waals surface area contributed by atoms with Gasteiger partial charge in [0, 0.05) is 11.8 Å². The molecule has 0 bridgehead atoms. The van der Waals surface area contributed by atoms with Gasteiger partial charge in [-0.1, -0.05) is 72.4 Å². The third-order valence-electron chi connectivity index (χ3n) is 6.46. The van der Waals surface area contributed by atoms with Crippen molar-refractivity contribution in [3.8, 4) is 0 Å². The van der Waals surface area contributed by atoms with Crippen molar-refractivity contribution in [2.75, 3.05) is 32.1 Å². The van der Waals surface area contributed by atoms with Gasteiger partial charge in [0.05, 0.1) is 25.5 Å². The quantitative estimate of drug-likeness (QED) is 0.306. The molecule has 32 heavy (non-hydrogen) atoms. The third-order valence-corrected chi connectivity index (χ3v) is 7.70. The van der Waals surface area contributed by atoms with Crippen molar-refractivity contribution in [1.29, 1.82) is 0 Å². The number of nitrogens with zero attached hydrogens (tertiary/aromatic N) is 3. The number of quaternary nitrogens is 1. The summed E-state index contributed by atoms with van der Waals surface area (Å²) in [6.07, 6.45) is 0. The van der Waals surface area contributed by atoms with Gasteiger partial charge in [-0.05, 0) is 31.9 Å². The van der Waals surface area contributed by atoms with Gasteiger partial charge in [-0.15, -0.1) is 0 Å². The molecule has 0 N–H and O–H groups in total. The molecule has 3 amide bonds. The molecule has 2 aromatic rings. The number of hydrogen-bond acceptors (Lipinski definition) is 4. The Bertz CT molecular complexity index is 919. The van der Waals surface area contributed by atoms with Gasteiger partial charge in [0.25, 0.3) is 5.91 Å². The molecule has 0 aliphatic carbocycles. The molecule has 0 saturated carbocycles. The van der Waals surface area contributed by atoms with Gasteiger partial charge in [0.15, 0.2) is 5.54 Å². The Morgan fingerprint density at radius 1 is 0.906 bits per heavy atom. The molecule has 8 heteroatoms. The fraction of sp³-hybridized carbons (Fsp3) is 0.375. The molecule has 0 radical (unpaired) electrons. The summed E-state index contributed by atoms with van der Waals surface area (Å²) in [6.45, 7) is 9.11. The summed E-state index contributed by atoms with van der Waals surface area (Å²) in [5.74, 6) is -0.532. The van der Waals surface area contributed by atoms with Gasteiger partial charge >= 0.3 is 6.03 Å². The first kappa shape index (κ1) is 24.3. The van der Waals surface area contributed by atoms with Crippen LogP contribution in [-0.4, -0.2) is 62.9 Å². The minimum absolute atomic E-state index is 0.0470. The van der Waals surface area contributed by atoms with E-state index in [4.69, 9.17) is 11.8 Å². The van der Waals surface area contributed by atoms with Crippen LogP contribution in [0.5, 0.6) is 0 Å². The summed E-state index contributed by atoms with van der Waals surface area (Å²) in [5, 5.41) is -0.0470. The van der Waals surface area contributed by atoms with Crippen LogP contribution in [0.2, 0.25) is 0 Å². The standard InChI is InChI=1S/C24H29ClN3O3S/c1-4-28(5-2,6-3)17-21(29)32-18-26-22(30)24(27(25)23(26)31,19-13-9-7-10-14-19)20-15-11-8-12-16-20/h7-16H,4-6,17-18H2,1-3H3/q+1. The van der Waals surface area contributed by atoms with Crippen LogP contribution in [0.3, 0.4) is 0 Å². The molecular weight excluding hydrogens is 446 g/mol. The van der Waals surface area contributed by atoms with Gasteiger partial charge in [-0.25, -0.2) is 9.21 Å². The predicted octanol–water partition coefficient (Wildman–Crippen LogP) is 4.44. The van der Waals surface area contributed by atoms with Crippen LogP contribution in [0, 0.1) is 0 Å². The Kier molecular flexibility index (Phi) is 7.64. The number of carbonyl (C=O) groups is 3. The van der Waals surface area contributed by atoms with E-state index in [0.717, 1.165) is 40.7 Å². The number of halogens is 1. The molecule has 1 saturated heterocycles. The lowest BCUT2D eigenvalue weighted by Crippen LogP contribution is -2.50. The fourth-order valence-electron chi connectivity index (χ4n) is 4.19. The average molecular weight is 475 g/mol. The van der Waals surface area contributed by atoms with E-state index < -0.39 is 17.5 Å². The topological polar surface area (TPSA) is 57.7 Å². The molecule has 2 aromatic carbocycles.